The fourth-order valence-electron chi connectivity index (χ4n) is 2.71. The highest BCUT2D eigenvalue weighted by Crippen LogP contribution is 2.25. The van der Waals surface area contributed by atoms with E-state index in [1.165, 1.54) is 0 Å². The van der Waals surface area contributed by atoms with Crippen LogP contribution in [0.15, 0.2) is 53.4 Å². The summed E-state index contributed by atoms with van der Waals surface area (Å²) in [4.78, 5) is 0.236. The highest BCUT2D eigenvalue weighted by atomic mass is 35.5. The number of rotatable bonds is 6. The van der Waals surface area contributed by atoms with E-state index in [-0.39, 0.29) is 23.3 Å². The summed E-state index contributed by atoms with van der Waals surface area (Å²) in [6, 6.07) is 13.5. The third kappa shape index (κ3) is 5.35. The summed E-state index contributed by atoms with van der Waals surface area (Å²) in [5.74, 6) is 1.98. The summed E-state index contributed by atoms with van der Waals surface area (Å²) in [5, 5.41) is 3.20. The molecule has 0 aliphatic carbocycles. The van der Waals surface area contributed by atoms with Gasteiger partial charge in [-0.15, -0.1) is 12.4 Å². The molecule has 0 spiro atoms. The second-order valence-electron chi connectivity index (χ2n) is 5.91. The summed E-state index contributed by atoms with van der Waals surface area (Å²) in [6.45, 7) is 1.60. The molecule has 1 saturated heterocycles. The molecule has 2 aromatic carbocycles. The molecule has 1 aliphatic heterocycles. The third-order valence-corrected chi connectivity index (χ3v) is 5.58. The summed E-state index contributed by atoms with van der Waals surface area (Å²) in [5.41, 5.74) is 0. The van der Waals surface area contributed by atoms with E-state index in [0.717, 1.165) is 25.1 Å². The van der Waals surface area contributed by atoms with E-state index in [9.17, 15) is 8.42 Å². The first-order valence-electron chi connectivity index (χ1n) is 8.22. The van der Waals surface area contributed by atoms with Crippen molar-refractivity contribution in [1.29, 1.82) is 0 Å². The molecule has 1 aliphatic rings. The van der Waals surface area contributed by atoms with E-state index in [0.29, 0.717) is 18.0 Å². The number of methoxy groups -OCH3 is 1. The number of hydrogen-bond donors (Lipinski definition) is 2. The normalized spacial score (nSPS) is 17.2. The minimum atomic E-state index is -3.52. The molecule has 2 aromatic rings. The van der Waals surface area contributed by atoms with Gasteiger partial charge in [-0.3, -0.25) is 0 Å². The second kappa shape index (κ2) is 9.23. The molecular formula is C18H23ClN2O4S. The Kier molecular flexibility index (Phi) is 7.28. The Morgan fingerprint density at radius 1 is 1.00 bits per heavy atom. The number of benzene rings is 2. The Morgan fingerprint density at radius 3 is 2.12 bits per heavy atom. The van der Waals surface area contributed by atoms with Gasteiger partial charge >= 0.3 is 0 Å². The largest absolute Gasteiger partial charge is 0.497 e. The van der Waals surface area contributed by atoms with E-state index in [2.05, 4.69) is 10.0 Å². The van der Waals surface area contributed by atoms with Gasteiger partial charge in [-0.1, -0.05) is 0 Å². The molecule has 6 nitrogen and oxygen atoms in total. The van der Waals surface area contributed by atoms with Crippen molar-refractivity contribution in [2.75, 3.05) is 20.2 Å². The lowest BCUT2D eigenvalue weighted by atomic mass is 10.1. The summed E-state index contributed by atoms with van der Waals surface area (Å²) in [7, 11) is -1.92. The van der Waals surface area contributed by atoms with Gasteiger partial charge in [0.1, 0.15) is 17.2 Å². The van der Waals surface area contributed by atoms with Crippen LogP contribution < -0.4 is 19.5 Å². The van der Waals surface area contributed by atoms with Gasteiger partial charge in [-0.25, -0.2) is 13.1 Å². The number of piperidine rings is 1. The first kappa shape index (κ1) is 20.5. The second-order valence-corrected chi connectivity index (χ2v) is 7.63. The molecule has 1 unspecified atom stereocenters. The summed E-state index contributed by atoms with van der Waals surface area (Å²) >= 11 is 0. The van der Waals surface area contributed by atoms with Gasteiger partial charge in [0, 0.05) is 12.6 Å². The van der Waals surface area contributed by atoms with Crippen molar-refractivity contribution in [3.05, 3.63) is 48.5 Å². The molecule has 2 N–H and O–H groups in total. The summed E-state index contributed by atoms with van der Waals surface area (Å²) in [6.07, 6.45) is 1.83. The smallest absolute Gasteiger partial charge is 0.240 e. The standard InChI is InChI=1S/C18H22N2O4S.ClH/c1-23-15-4-6-16(7-5-15)24-17-8-10-18(11-9-17)25(21,22)20-14-3-2-12-19-13-14;/h4-11,14,19-20H,2-3,12-13H2,1H3;1H. The fourth-order valence-corrected chi connectivity index (χ4v) is 3.98. The van der Waals surface area contributed by atoms with Crippen LogP contribution in [0.4, 0.5) is 0 Å². The van der Waals surface area contributed by atoms with Gasteiger partial charge in [0.25, 0.3) is 0 Å². The predicted molar refractivity (Wildman–Crippen MR) is 103 cm³/mol. The maximum absolute atomic E-state index is 12.4. The lowest BCUT2D eigenvalue weighted by Crippen LogP contribution is -2.45. The number of halogens is 1. The molecule has 8 heteroatoms. The molecule has 0 amide bonds. The Bertz CT molecular complexity index is 789. The van der Waals surface area contributed by atoms with Crippen LogP contribution in [-0.2, 0) is 10.0 Å². The molecule has 1 fully saturated rings. The average Bonchev–Trinajstić information content (AvgIpc) is 2.63. The van der Waals surface area contributed by atoms with Crippen LogP contribution in [0.25, 0.3) is 0 Å². The number of sulfonamides is 1. The SMILES string of the molecule is COc1ccc(Oc2ccc(S(=O)(=O)NC3CCCNC3)cc2)cc1.Cl. The van der Waals surface area contributed by atoms with Crippen LogP contribution in [-0.4, -0.2) is 34.7 Å². The molecule has 3 rings (SSSR count). The zero-order valence-electron chi connectivity index (χ0n) is 14.5. The highest BCUT2D eigenvalue weighted by Gasteiger charge is 2.21. The van der Waals surface area contributed by atoms with E-state index < -0.39 is 10.0 Å². The maximum atomic E-state index is 12.4. The lowest BCUT2D eigenvalue weighted by Gasteiger charge is -2.23. The highest BCUT2D eigenvalue weighted by molar-refractivity contribution is 7.89. The predicted octanol–water partition coefficient (Wildman–Crippen LogP) is 2.94. The minimum Gasteiger partial charge on any atom is -0.497 e. The Morgan fingerprint density at radius 2 is 1.58 bits per heavy atom. The van der Waals surface area contributed by atoms with Crippen molar-refractivity contribution in [1.82, 2.24) is 10.0 Å². The number of nitrogens with one attached hydrogen (secondary N) is 2. The monoisotopic (exact) mass is 398 g/mol. The van der Waals surface area contributed by atoms with Gasteiger partial charge < -0.3 is 14.8 Å². The molecule has 142 valence electrons. The fraction of sp³-hybridized carbons (Fsp3) is 0.333. The van der Waals surface area contributed by atoms with Crippen LogP contribution in [0.5, 0.6) is 17.2 Å². The molecule has 1 heterocycles. The van der Waals surface area contributed by atoms with Crippen LogP contribution >= 0.6 is 12.4 Å². The first-order chi connectivity index (χ1) is 12.1. The zero-order valence-corrected chi connectivity index (χ0v) is 16.1. The van der Waals surface area contributed by atoms with Crippen LogP contribution in [0, 0.1) is 0 Å². The van der Waals surface area contributed by atoms with E-state index in [1.54, 1.807) is 55.6 Å². The molecule has 1 atom stereocenters. The van der Waals surface area contributed by atoms with E-state index >= 15 is 0 Å². The van der Waals surface area contributed by atoms with Gasteiger partial charge in [0.2, 0.25) is 10.0 Å². The van der Waals surface area contributed by atoms with E-state index in [4.69, 9.17) is 9.47 Å². The maximum Gasteiger partial charge on any atom is 0.240 e. The average molecular weight is 399 g/mol. The molecule has 0 aromatic heterocycles. The molecule has 0 radical (unpaired) electrons. The van der Waals surface area contributed by atoms with Gasteiger partial charge in [-0.05, 0) is 67.9 Å². The van der Waals surface area contributed by atoms with Crippen LogP contribution in [0.3, 0.4) is 0 Å². The van der Waals surface area contributed by atoms with E-state index in [1.807, 2.05) is 0 Å². The van der Waals surface area contributed by atoms with Crippen LogP contribution in [0.1, 0.15) is 12.8 Å². The molecular weight excluding hydrogens is 376 g/mol. The van der Waals surface area contributed by atoms with Crippen molar-refractivity contribution >= 4 is 22.4 Å². The van der Waals surface area contributed by atoms with Gasteiger partial charge in [0.15, 0.2) is 0 Å². The van der Waals surface area contributed by atoms with Gasteiger partial charge in [-0.2, -0.15) is 0 Å². The van der Waals surface area contributed by atoms with Crippen molar-refractivity contribution < 1.29 is 17.9 Å². The third-order valence-electron chi connectivity index (χ3n) is 4.05. The van der Waals surface area contributed by atoms with Crippen molar-refractivity contribution in [2.45, 2.75) is 23.8 Å². The van der Waals surface area contributed by atoms with Crippen molar-refractivity contribution in [3.8, 4) is 17.2 Å². The Labute approximate surface area is 160 Å². The van der Waals surface area contributed by atoms with Crippen LogP contribution in [0.2, 0.25) is 0 Å². The topological polar surface area (TPSA) is 76.7 Å². The molecule has 0 bridgehead atoms. The van der Waals surface area contributed by atoms with Crippen molar-refractivity contribution in [2.24, 2.45) is 0 Å². The van der Waals surface area contributed by atoms with Crippen molar-refractivity contribution in [3.63, 3.8) is 0 Å². The zero-order chi connectivity index (χ0) is 17.7. The lowest BCUT2D eigenvalue weighted by molar-refractivity contribution is 0.413. The quantitative estimate of drug-likeness (QED) is 0.782. The number of hydrogen-bond acceptors (Lipinski definition) is 5. The summed E-state index contributed by atoms with van der Waals surface area (Å²) < 4.78 is 38.5. The first-order valence-corrected chi connectivity index (χ1v) is 9.70. The minimum absolute atomic E-state index is 0. The Hall–Kier alpha value is -1.80. The van der Waals surface area contributed by atoms with Gasteiger partial charge in [0.05, 0.1) is 12.0 Å². The molecule has 26 heavy (non-hydrogen) atoms. The molecule has 0 saturated carbocycles. The number of ether oxygens (including phenoxy) is 2. The Balaban J connectivity index is 0.00000243.